The molecule has 0 aliphatic heterocycles. The van der Waals surface area contributed by atoms with Crippen LogP contribution in [0.1, 0.15) is 32.1 Å². The quantitative estimate of drug-likeness (QED) is 0.743. The van der Waals surface area contributed by atoms with Gasteiger partial charge in [-0.1, -0.05) is 19.9 Å². The van der Waals surface area contributed by atoms with E-state index in [0.29, 0.717) is 12.5 Å². The fourth-order valence-electron chi connectivity index (χ4n) is 1.46. The van der Waals surface area contributed by atoms with E-state index in [1.54, 1.807) is 6.92 Å². The zero-order valence-corrected chi connectivity index (χ0v) is 12.0. The van der Waals surface area contributed by atoms with Crippen molar-refractivity contribution in [2.75, 3.05) is 13.1 Å². The Morgan fingerprint density at radius 3 is 2.78 bits per heavy atom. The molecule has 0 saturated heterocycles. The summed E-state index contributed by atoms with van der Waals surface area (Å²) in [4.78, 5) is 12.4. The largest absolute Gasteiger partial charge is 0.383 e. The Morgan fingerprint density at radius 2 is 2.22 bits per heavy atom. The van der Waals surface area contributed by atoms with Gasteiger partial charge in [0, 0.05) is 11.4 Å². The third-order valence-corrected chi connectivity index (χ3v) is 3.78. The lowest BCUT2D eigenvalue weighted by Gasteiger charge is -2.22. The molecule has 1 aromatic rings. The van der Waals surface area contributed by atoms with Crippen molar-refractivity contribution in [3.8, 4) is 0 Å². The van der Waals surface area contributed by atoms with Crippen molar-refractivity contribution in [3.05, 3.63) is 22.4 Å². The highest BCUT2D eigenvalue weighted by Gasteiger charge is 2.24. The average molecular weight is 270 g/mol. The number of hydrogen-bond donors (Lipinski definition) is 3. The van der Waals surface area contributed by atoms with Crippen LogP contribution in [-0.2, 0) is 5.60 Å². The summed E-state index contributed by atoms with van der Waals surface area (Å²) in [5.74, 6) is 0.569. The zero-order valence-electron chi connectivity index (χ0n) is 11.2. The van der Waals surface area contributed by atoms with E-state index in [4.69, 9.17) is 0 Å². The molecule has 1 heterocycles. The van der Waals surface area contributed by atoms with Crippen LogP contribution >= 0.6 is 11.3 Å². The van der Waals surface area contributed by atoms with Crippen LogP contribution in [0, 0.1) is 5.92 Å². The fourth-order valence-corrected chi connectivity index (χ4v) is 2.25. The third-order valence-electron chi connectivity index (χ3n) is 2.65. The Kier molecular flexibility index (Phi) is 5.62. The maximum Gasteiger partial charge on any atom is 0.314 e. The molecule has 0 radical (unpaired) electrons. The van der Waals surface area contributed by atoms with Crippen LogP contribution in [0.3, 0.4) is 0 Å². The molecule has 2 amide bonds. The fraction of sp³-hybridized carbons (Fsp3) is 0.615. The summed E-state index contributed by atoms with van der Waals surface area (Å²) in [5, 5.41) is 17.6. The van der Waals surface area contributed by atoms with E-state index in [1.807, 2.05) is 17.5 Å². The molecule has 4 nitrogen and oxygen atoms in total. The minimum absolute atomic E-state index is 0.209. The summed E-state index contributed by atoms with van der Waals surface area (Å²) in [6.45, 7) is 6.79. The first-order valence-corrected chi connectivity index (χ1v) is 7.08. The third kappa shape index (κ3) is 5.06. The highest BCUT2D eigenvalue weighted by atomic mass is 32.1. The van der Waals surface area contributed by atoms with Gasteiger partial charge in [0.1, 0.15) is 5.60 Å². The highest BCUT2D eigenvalue weighted by Crippen LogP contribution is 2.24. The van der Waals surface area contributed by atoms with Gasteiger partial charge in [-0.2, -0.15) is 0 Å². The molecule has 1 rings (SSSR count). The molecule has 5 heteroatoms. The van der Waals surface area contributed by atoms with Crippen molar-refractivity contribution in [1.82, 2.24) is 10.6 Å². The standard InChI is InChI=1S/C13H22N2O2S/c1-10(2)6-7-14-12(16)15-9-13(3,17)11-5-4-8-18-11/h4-5,8,10,17H,6-7,9H2,1-3H3,(H2,14,15,16). The predicted octanol–water partition coefficient (Wildman–Crippen LogP) is 2.30. The van der Waals surface area contributed by atoms with E-state index >= 15 is 0 Å². The minimum atomic E-state index is -1.01. The van der Waals surface area contributed by atoms with Crippen LogP contribution in [-0.4, -0.2) is 24.2 Å². The van der Waals surface area contributed by atoms with Crippen molar-refractivity contribution in [1.29, 1.82) is 0 Å². The van der Waals surface area contributed by atoms with Crippen LogP contribution in [0.4, 0.5) is 4.79 Å². The second-order valence-corrected chi connectivity index (χ2v) is 5.99. The zero-order chi connectivity index (χ0) is 13.6. The normalized spacial score (nSPS) is 14.3. The van der Waals surface area contributed by atoms with Gasteiger partial charge in [0.2, 0.25) is 0 Å². The number of urea groups is 1. The Balaban J connectivity index is 2.29. The van der Waals surface area contributed by atoms with Crippen LogP contribution in [0.2, 0.25) is 0 Å². The minimum Gasteiger partial charge on any atom is -0.383 e. The van der Waals surface area contributed by atoms with Gasteiger partial charge in [-0.25, -0.2) is 4.79 Å². The maximum absolute atomic E-state index is 11.5. The van der Waals surface area contributed by atoms with E-state index in [9.17, 15) is 9.90 Å². The van der Waals surface area contributed by atoms with E-state index in [0.717, 1.165) is 11.3 Å². The highest BCUT2D eigenvalue weighted by molar-refractivity contribution is 7.10. The van der Waals surface area contributed by atoms with Crippen molar-refractivity contribution >= 4 is 17.4 Å². The van der Waals surface area contributed by atoms with Crippen LogP contribution in [0.5, 0.6) is 0 Å². The molecule has 0 bridgehead atoms. The van der Waals surface area contributed by atoms with Gasteiger partial charge in [-0.3, -0.25) is 0 Å². The number of amides is 2. The number of nitrogens with one attached hydrogen (secondary N) is 2. The molecule has 0 aromatic carbocycles. The number of thiophene rings is 1. The number of aliphatic hydroxyl groups is 1. The second-order valence-electron chi connectivity index (χ2n) is 5.04. The first-order chi connectivity index (χ1) is 8.42. The monoisotopic (exact) mass is 270 g/mol. The van der Waals surface area contributed by atoms with Gasteiger partial charge in [0.05, 0.1) is 6.54 Å². The van der Waals surface area contributed by atoms with Crippen LogP contribution in [0.25, 0.3) is 0 Å². The molecule has 1 atom stereocenters. The van der Waals surface area contributed by atoms with E-state index < -0.39 is 5.60 Å². The van der Waals surface area contributed by atoms with Gasteiger partial charge in [-0.15, -0.1) is 11.3 Å². The van der Waals surface area contributed by atoms with Crippen molar-refractivity contribution in [3.63, 3.8) is 0 Å². The molecule has 0 saturated carbocycles. The molecular weight excluding hydrogens is 248 g/mol. The van der Waals surface area contributed by atoms with Gasteiger partial charge in [0.15, 0.2) is 0 Å². The SMILES string of the molecule is CC(C)CCNC(=O)NCC(C)(O)c1cccs1. The predicted molar refractivity (Wildman–Crippen MR) is 74.7 cm³/mol. The lowest BCUT2D eigenvalue weighted by atomic mass is 10.1. The Hall–Kier alpha value is -1.07. The van der Waals surface area contributed by atoms with Gasteiger partial charge < -0.3 is 15.7 Å². The molecule has 3 N–H and O–H groups in total. The number of carbonyl (C=O) groups is 1. The average Bonchev–Trinajstić information content (AvgIpc) is 2.80. The van der Waals surface area contributed by atoms with Crippen molar-refractivity contribution in [2.24, 2.45) is 5.92 Å². The molecule has 0 spiro atoms. The van der Waals surface area contributed by atoms with E-state index in [1.165, 1.54) is 11.3 Å². The van der Waals surface area contributed by atoms with Crippen LogP contribution in [0.15, 0.2) is 17.5 Å². The lowest BCUT2D eigenvalue weighted by Crippen LogP contribution is -2.43. The van der Waals surface area contributed by atoms with Crippen molar-refractivity contribution < 1.29 is 9.90 Å². The van der Waals surface area contributed by atoms with Gasteiger partial charge >= 0.3 is 6.03 Å². The van der Waals surface area contributed by atoms with E-state index in [-0.39, 0.29) is 12.6 Å². The van der Waals surface area contributed by atoms with E-state index in [2.05, 4.69) is 24.5 Å². The molecule has 18 heavy (non-hydrogen) atoms. The smallest absolute Gasteiger partial charge is 0.314 e. The Morgan fingerprint density at radius 1 is 1.50 bits per heavy atom. The molecule has 1 unspecified atom stereocenters. The summed E-state index contributed by atoms with van der Waals surface area (Å²) in [6.07, 6.45) is 0.953. The molecular formula is C13H22N2O2S. The second kappa shape index (κ2) is 6.75. The number of carbonyl (C=O) groups excluding carboxylic acids is 1. The molecule has 102 valence electrons. The summed E-state index contributed by atoms with van der Waals surface area (Å²) in [7, 11) is 0. The number of hydrogen-bond acceptors (Lipinski definition) is 3. The van der Waals surface area contributed by atoms with Crippen molar-refractivity contribution in [2.45, 2.75) is 32.8 Å². The summed E-state index contributed by atoms with van der Waals surface area (Å²) in [6, 6.07) is 3.52. The van der Waals surface area contributed by atoms with Crippen LogP contribution < -0.4 is 10.6 Å². The molecule has 0 fully saturated rings. The molecule has 0 aliphatic rings. The molecule has 1 aromatic heterocycles. The lowest BCUT2D eigenvalue weighted by molar-refractivity contribution is 0.0631. The molecule has 0 aliphatic carbocycles. The van der Waals surface area contributed by atoms with Gasteiger partial charge in [-0.05, 0) is 30.7 Å². The van der Waals surface area contributed by atoms with Gasteiger partial charge in [0.25, 0.3) is 0 Å². The first kappa shape index (κ1) is 15.0. The Labute approximate surface area is 112 Å². The maximum atomic E-state index is 11.5. The summed E-state index contributed by atoms with van der Waals surface area (Å²) >= 11 is 1.48. The topological polar surface area (TPSA) is 61.4 Å². The summed E-state index contributed by atoms with van der Waals surface area (Å²) in [5.41, 5.74) is -1.01. The first-order valence-electron chi connectivity index (χ1n) is 6.20. The summed E-state index contributed by atoms with van der Waals surface area (Å²) < 4.78 is 0. The number of rotatable bonds is 6. The Bertz CT molecular complexity index is 361.